The highest BCUT2D eigenvalue weighted by atomic mass is 16.7. The molecule has 2 aromatic carbocycles. The summed E-state index contributed by atoms with van der Waals surface area (Å²) in [5, 5.41) is 42.5. The molecule has 4 N–H and O–H groups in total. The van der Waals surface area contributed by atoms with Gasteiger partial charge in [0.25, 0.3) is 0 Å². The number of ether oxygens (including phenoxy) is 2. The SMILES string of the molecule is OC1C(c2ccccc2)[C@]2(O)[C@@H]1O[C@@H](OCc1ccccc1)[C@H](O)[C@H]2O. The largest absolute Gasteiger partial charge is 0.390 e. The molecule has 6 nitrogen and oxygen atoms in total. The molecule has 1 aliphatic heterocycles. The van der Waals surface area contributed by atoms with Gasteiger partial charge in [-0.1, -0.05) is 60.7 Å². The minimum Gasteiger partial charge on any atom is -0.390 e. The van der Waals surface area contributed by atoms with Crippen LogP contribution < -0.4 is 0 Å². The summed E-state index contributed by atoms with van der Waals surface area (Å²) in [6, 6.07) is 18.3. The Morgan fingerprint density at radius 3 is 2.15 bits per heavy atom. The van der Waals surface area contributed by atoms with E-state index in [0.717, 1.165) is 5.56 Å². The molecule has 26 heavy (non-hydrogen) atoms. The predicted molar refractivity (Wildman–Crippen MR) is 92.0 cm³/mol. The second kappa shape index (κ2) is 6.74. The van der Waals surface area contributed by atoms with Crippen molar-refractivity contribution in [2.45, 2.75) is 48.8 Å². The molecule has 1 heterocycles. The number of aliphatic hydroxyl groups excluding tert-OH is 3. The summed E-state index contributed by atoms with van der Waals surface area (Å²) in [6.07, 6.45) is -6.12. The Labute approximate surface area is 151 Å². The van der Waals surface area contributed by atoms with Gasteiger partial charge in [-0.3, -0.25) is 0 Å². The van der Waals surface area contributed by atoms with Crippen LogP contribution in [0.5, 0.6) is 0 Å². The summed E-state index contributed by atoms with van der Waals surface area (Å²) < 4.78 is 11.2. The Balaban J connectivity index is 1.51. The van der Waals surface area contributed by atoms with Crippen LogP contribution in [0.15, 0.2) is 60.7 Å². The maximum atomic E-state index is 11.0. The number of fused-ring (bicyclic) bond motifs is 1. The van der Waals surface area contributed by atoms with Crippen LogP contribution in [-0.2, 0) is 16.1 Å². The maximum Gasteiger partial charge on any atom is 0.187 e. The fraction of sp³-hybridized carbons (Fsp3) is 0.400. The van der Waals surface area contributed by atoms with Gasteiger partial charge in [0.2, 0.25) is 0 Å². The molecule has 0 spiro atoms. The van der Waals surface area contributed by atoms with Gasteiger partial charge in [0.05, 0.1) is 12.7 Å². The highest BCUT2D eigenvalue weighted by molar-refractivity contribution is 5.35. The zero-order valence-electron chi connectivity index (χ0n) is 14.1. The third-order valence-electron chi connectivity index (χ3n) is 5.38. The van der Waals surface area contributed by atoms with E-state index in [-0.39, 0.29) is 6.61 Å². The zero-order valence-corrected chi connectivity index (χ0v) is 14.1. The molecule has 1 saturated carbocycles. The van der Waals surface area contributed by atoms with Crippen molar-refractivity contribution >= 4 is 0 Å². The van der Waals surface area contributed by atoms with Crippen LogP contribution in [0, 0.1) is 0 Å². The maximum absolute atomic E-state index is 11.0. The second-order valence-electron chi connectivity index (χ2n) is 6.92. The minimum absolute atomic E-state index is 0.179. The van der Waals surface area contributed by atoms with Crippen LogP contribution in [-0.4, -0.2) is 56.7 Å². The number of benzene rings is 2. The van der Waals surface area contributed by atoms with Crippen LogP contribution in [0.1, 0.15) is 17.0 Å². The van der Waals surface area contributed by atoms with Gasteiger partial charge in [-0.05, 0) is 11.1 Å². The van der Waals surface area contributed by atoms with Crippen molar-refractivity contribution in [3.05, 3.63) is 71.8 Å². The summed E-state index contributed by atoms with van der Waals surface area (Å²) >= 11 is 0. The lowest BCUT2D eigenvalue weighted by Gasteiger charge is -2.61. The topological polar surface area (TPSA) is 99.4 Å². The lowest BCUT2D eigenvalue weighted by molar-refractivity contribution is -0.388. The van der Waals surface area contributed by atoms with Crippen molar-refractivity contribution in [1.82, 2.24) is 0 Å². The van der Waals surface area contributed by atoms with Gasteiger partial charge in [0.15, 0.2) is 6.29 Å². The normalized spacial score (nSPS) is 39.1. The van der Waals surface area contributed by atoms with Crippen LogP contribution in [0.25, 0.3) is 0 Å². The molecule has 4 rings (SSSR count). The van der Waals surface area contributed by atoms with Crippen molar-refractivity contribution in [2.24, 2.45) is 0 Å². The van der Waals surface area contributed by atoms with E-state index in [4.69, 9.17) is 9.47 Å². The Morgan fingerprint density at radius 2 is 1.50 bits per heavy atom. The first-order valence-electron chi connectivity index (χ1n) is 8.66. The zero-order chi connectivity index (χ0) is 18.3. The fourth-order valence-electron chi connectivity index (χ4n) is 3.98. The summed E-state index contributed by atoms with van der Waals surface area (Å²) in [4.78, 5) is 0. The molecule has 0 radical (unpaired) electrons. The van der Waals surface area contributed by atoms with E-state index in [1.165, 1.54) is 0 Å². The van der Waals surface area contributed by atoms with E-state index >= 15 is 0 Å². The lowest BCUT2D eigenvalue weighted by Crippen LogP contribution is -2.80. The quantitative estimate of drug-likeness (QED) is 0.637. The van der Waals surface area contributed by atoms with Gasteiger partial charge in [0.1, 0.15) is 23.9 Å². The Hall–Kier alpha value is -1.80. The summed E-state index contributed by atoms with van der Waals surface area (Å²) in [5.41, 5.74) is -0.209. The van der Waals surface area contributed by atoms with Gasteiger partial charge in [0, 0.05) is 5.92 Å². The first kappa shape index (κ1) is 17.6. The van der Waals surface area contributed by atoms with Crippen LogP contribution in [0.2, 0.25) is 0 Å². The molecule has 1 aliphatic carbocycles. The Kier molecular flexibility index (Phi) is 4.56. The molecule has 2 aliphatic rings. The average Bonchev–Trinajstić information content (AvgIpc) is 2.67. The molecule has 0 aromatic heterocycles. The molecular formula is C20H22O6. The van der Waals surface area contributed by atoms with E-state index in [9.17, 15) is 20.4 Å². The monoisotopic (exact) mass is 358 g/mol. The van der Waals surface area contributed by atoms with Crippen LogP contribution in [0.3, 0.4) is 0 Å². The minimum atomic E-state index is -1.77. The summed E-state index contributed by atoms with van der Waals surface area (Å²) in [7, 11) is 0. The number of rotatable bonds is 4. The molecule has 2 aromatic rings. The van der Waals surface area contributed by atoms with E-state index in [0.29, 0.717) is 5.56 Å². The smallest absolute Gasteiger partial charge is 0.187 e. The first-order chi connectivity index (χ1) is 12.5. The molecular weight excluding hydrogens is 336 g/mol. The average molecular weight is 358 g/mol. The second-order valence-corrected chi connectivity index (χ2v) is 6.92. The van der Waals surface area contributed by atoms with Gasteiger partial charge >= 0.3 is 0 Å². The predicted octanol–water partition coefficient (Wildman–Crippen LogP) is 0.539. The number of hydrogen-bond donors (Lipinski definition) is 4. The fourth-order valence-corrected chi connectivity index (χ4v) is 3.98. The lowest BCUT2D eigenvalue weighted by atomic mass is 9.57. The van der Waals surface area contributed by atoms with Gasteiger partial charge in [-0.2, -0.15) is 0 Å². The van der Waals surface area contributed by atoms with E-state index in [2.05, 4.69) is 0 Å². The van der Waals surface area contributed by atoms with E-state index in [1.54, 1.807) is 24.3 Å². The van der Waals surface area contributed by atoms with Gasteiger partial charge in [-0.25, -0.2) is 0 Å². The van der Waals surface area contributed by atoms with Crippen molar-refractivity contribution in [3.8, 4) is 0 Å². The van der Waals surface area contributed by atoms with Crippen LogP contribution in [0.4, 0.5) is 0 Å². The van der Waals surface area contributed by atoms with Crippen molar-refractivity contribution in [2.75, 3.05) is 0 Å². The molecule has 2 unspecified atom stereocenters. The third kappa shape index (κ3) is 2.66. The third-order valence-corrected chi connectivity index (χ3v) is 5.38. The van der Waals surface area contributed by atoms with Crippen molar-refractivity contribution < 1.29 is 29.9 Å². The molecule has 2 fully saturated rings. The molecule has 1 saturated heterocycles. The van der Waals surface area contributed by atoms with E-state index < -0.39 is 42.2 Å². The Morgan fingerprint density at radius 1 is 0.885 bits per heavy atom. The first-order valence-corrected chi connectivity index (χ1v) is 8.66. The summed E-state index contributed by atoms with van der Waals surface area (Å²) in [6.45, 7) is 0.179. The summed E-state index contributed by atoms with van der Waals surface area (Å²) in [5.74, 6) is -0.742. The van der Waals surface area contributed by atoms with E-state index in [1.807, 2.05) is 36.4 Å². The molecule has 138 valence electrons. The van der Waals surface area contributed by atoms with Crippen molar-refractivity contribution in [3.63, 3.8) is 0 Å². The number of hydrogen-bond acceptors (Lipinski definition) is 6. The molecule has 7 atom stereocenters. The Bertz CT molecular complexity index is 734. The number of aliphatic hydroxyl groups is 4. The highest BCUT2D eigenvalue weighted by Gasteiger charge is 2.71. The molecule has 6 heteroatoms. The highest BCUT2D eigenvalue weighted by Crippen LogP contribution is 2.53. The molecule has 0 amide bonds. The van der Waals surface area contributed by atoms with Gasteiger partial charge < -0.3 is 29.9 Å². The van der Waals surface area contributed by atoms with Crippen LogP contribution >= 0.6 is 0 Å². The molecule has 0 bridgehead atoms. The van der Waals surface area contributed by atoms with Gasteiger partial charge in [-0.15, -0.1) is 0 Å². The standard InChI is InChI=1S/C20H22O6/c21-15-14(13-9-5-2-6-10-13)20(24)17(23)16(22)19(26-18(15)20)25-11-12-7-3-1-4-8-12/h1-10,14-19,21-24H,11H2/t14?,15?,16-,17-,18-,19-,20-/m1/s1. The van der Waals surface area contributed by atoms with Crippen molar-refractivity contribution in [1.29, 1.82) is 0 Å².